The van der Waals surface area contributed by atoms with Crippen LogP contribution >= 0.6 is 34.3 Å². The molecular formula is C44H22ClN3OS2. The van der Waals surface area contributed by atoms with Crippen molar-refractivity contribution in [2.45, 2.75) is 0 Å². The second-order valence-corrected chi connectivity index (χ2v) is 15.5. The Morgan fingerprint density at radius 1 is 0.529 bits per heavy atom. The van der Waals surface area contributed by atoms with Crippen LogP contribution in [-0.2, 0) is 0 Å². The topological polar surface area (TPSA) is 43.9 Å². The van der Waals surface area contributed by atoms with Crippen LogP contribution in [0.25, 0.3) is 112 Å². The lowest BCUT2D eigenvalue weighted by molar-refractivity contribution is 0.669. The van der Waals surface area contributed by atoms with E-state index in [9.17, 15) is 0 Å². The van der Waals surface area contributed by atoms with Gasteiger partial charge in [-0.1, -0.05) is 84.9 Å². The Morgan fingerprint density at radius 3 is 1.98 bits per heavy atom. The van der Waals surface area contributed by atoms with Crippen LogP contribution in [0.3, 0.4) is 0 Å². The van der Waals surface area contributed by atoms with Gasteiger partial charge in [0, 0.05) is 64.4 Å². The van der Waals surface area contributed by atoms with E-state index in [1.165, 1.54) is 52.8 Å². The molecule has 0 aliphatic heterocycles. The van der Waals surface area contributed by atoms with Gasteiger partial charge >= 0.3 is 0 Å². The zero-order valence-electron chi connectivity index (χ0n) is 26.6. The number of para-hydroxylation sites is 1. The standard InChI is InChI=1S/C44H22ClN3OS2/c45-44-46-39(43-40(47-44)31-13-5-8-16-36(31)51-43)23-17-19-25-26-20-18-24(22-34(26)49-33(25)21-23)48-32-14-6-3-11-29(32)37-27-9-1-2-10-28(27)38-30-12-4-7-15-35(30)50-42(38)41(37)48/h1-22H. The maximum absolute atomic E-state index is 6.70. The molecule has 5 aromatic heterocycles. The molecule has 0 saturated heterocycles. The minimum absolute atomic E-state index is 0.238. The number of aromatic nitrogens is 3. The molecule has 51 heavy (non-hydrogen) atoms. The van der Waals surface area contributed by atoms with Crippen LogP contribution in [0.4, 0.5) is 0 Å². The molecule has 12 aromatic rings. The van der Waals surface area contributed by atoms with Gasteiger partial charge in [0.05, 0.1) is 31.6 Å². The monoisotopic (exact) mass is 707 g/mol. The van der Waals surface area contributed by atoms with Crippen molar-refractivity contribution < 1.29 is 4.42 Å². The molecule has 238 valence electrons. The second-order valence-electron chi connectivity index (χ2n) is 13.0. The number of halogens is 1. The minimum atomic E-state index is 0.238. The fourth-order valence-electron chi connectivity index (χ4n) is 8.21. The molecule has 0 bridgehead atoms. The maximum atomic E-state index is 6.70. The Kier molecular flexibility index (Phi) is 5.56. The number of rotatable bonds is 2. The Labute approximate surface area is 302 Å². The third-order valence-electron chi connectivity index (χ3n) is 10.3. The van der Waals surface area contributed by atoms with E-state index in [-0.39, 0.29) is 5.28 Å². The van der Waals surface area contributed by atoms with Gasteiger partial charge in [0.25, 0.3) is 0 Å². The van der Waals surface area contributed by atoms with Gasteiger partial charge < -0.3 is 8.98 Å². The first kappa shape index (κ1) is 28.0. The highest BCUT2D eigenvalue weighted by Gasteiger charge is 2.22. The molecule has 0 spiro atoms. The molecule has 0 atom stereocenters. The van der Waals surface area contributed by atoms with Crippen LogP contribution in [0, 0.1) is 0 Å². The molecule has 0 unspecified atom stereocenters. The lowest BCUT2D eigenvalue weighted by atomic mass is 9.99. The number of fused-ring (bicyclic) bond motifs is 16. The van der Waals surface area contributed by atoms with Gasteiger partial charge in [-0.15, -0.1) is 22.7 Å². The lowest BCUT2D eigenvalue weighted by Gasteiger charge is -2.10. The summed E-state index contributed by atoms with van der Waals surface area (Å²) in [5, 5.41) is 11.2. The van der Waals surface area contributed by atoms with Crippen molar-refractivity contribution in [3.05, 3.63) is 139 Å². The number of nitrogens with zero attached hydrogens (tertiary/aromatic N) is 3. The van der Waals surface area contributed by atoms with E-state index < -0.39 is 0 Å². The molecule has 0 saturated carbocycles. The van der Waals surface area contributed by atoms with Crippen LogP contribution in [0.1, 0.15) is 0 Å². The highest BCUT2D eigenvalue weighted by molar-refractivity contribution is 7.27. The van der Waals surface area contributed by atoms with Gasteiger partial charge in [-0.3, -0.25) is 0 Å². The van der Waals surface area contributed by atoms with E-state index in [0.29, 0.717) is 0 Å². The predicted molar refractivity (Wildman–Crippen MR) is 217 cm³/mol. The van der Waals surface area contributed by atoms with Gasteiger partial charge in [0.2, 0.25) is 5.28 Å². The van der Waals surface area contributed by atoms with Crippen LogP contribution in [0.2, 0.25) is 5.28 Å². The third-order valence-corrected chi connectivity index (χ3v) is 12.8. The average Bonchev–Trinajstić information content (AvgIpc) is 3.93. The molecule has 0 radical (unpaired) electrons. The number of thiophene rings is 2. The zero-order chi connectivity index (χ0) is 33.4. The molecule has 0 N–H and O–H groups in total. The van der Waals surface area contributed by atoms with E-state index in [1.807, 2.05) is 23.5 Å². The summed E-state index contributed by atoms with van der Waals surface area (Å²) in [6, 6.07) is 47.7. The van der Waals surface area contributed by atoms with Gasteiger partial charge in [-0.05, 0) is 64.8 Å². The van der Waals surface area contributed by atoms with Gasteiger partial charge in [0.1, 0.15) is 11.2 Å². The van der Waals surface area contributed by atoms with Crippen molar-refractivity contribution in [1.29, 1.82) is 0 Å². The summed E-state index contributed by atoms with van der Waals surface area (Å²) in [4.78, 5) is 9.33. The van der Waals surface area contributed by atoms with Crippen molar-refractivity contribution in [1.82, 2.24) is 14.5 Å². The number of benzene rings is 7. The number of furan rings is 1. The van der Waals surface area contributed by atoms with Crippen LogP contribution in [0.5, 0.6) is 0 Å². The van der Waals surface area contributed by atoms with Crippen molar-refractivity contribution >= 4 is 129 Å². The molecule has 12 rings (SSSR count). The highest BCUT2D eigenvalue weighted by atomic mass is 35.5. The Hall–Kier alpha value is -5.79. The Balaban J connectivity index is 1.12. The Morgan fingerprint density at radius 2 is 1.16 bits per heavy atom. The smallest absolute Gasteiger partial charge is 0.223 e. The maximum Gasteiger partial charge on any atom is 0.223 e. The quantitative estimate of drug-likeness (QED) is 0.168. The fourth-order valence-corrected chi connectivity index (χ4v) is 10.8. The summed E-state index contributed by atoms with van der Waals surface area (Å²) in [6.07, 6.45) is 0. The minimum Gasteiger partial charge on any atom is -0.456 e. The molecule has 0 fully saturated rings. The van der Waals surface area contributed by atoms with E-state index in [0.717, 1.165) is 59.2 Å². The van der Waals surface area contributed by atoms with Crippen LogP contribution in [0.15, 0.2) is 138 Å². The first-order valence-corrected chi connectivity index (χ1v) is 18.8. The summed E-state index contributed by atoms with van der Waals surface area (Å²) in [7, 11) is 0. The molecule has 7 aromatic carbocycles. The predicted octanol–water partition coefficient (Wildman–Crippen LogP) is 13.7. The zero-order valence-corrected chi connectivity index (χ0v) is 29.0. The van der Waals surface area contributed by atoms with Crippen LogP contribution in [-0.4, -0.2) is 14.5 Å². The summed E-state index contributed by atoms with van der Waals surface area (Å²) >= 11 is 10.1. The van der Waals surface area contributed by atoms with Crippen LogP contribution < -0.4 is 0 Å². The molecule has 5 heterocycles. The van der Waals surface area contributed by atoms with Gasteiger partial charge in [-0.2, -0.15) is 0 Å². The van der Waals surface area contributed by atoms with Crippen molar-refractivity contribution in [3.8, 4) is 16.9 Å². The summed E-state index contributed by atoms with van der Waals surface area (Å²) in [6.45, 7) is 0. The van der Waals surface area contributed by atoms with E-state index >= 15 is 0 Å². The van der Waals surface area contributed by atoms with E-state index in [4.69, 9.17) is 21.0 Å². The summed E-state index contributed by atoms with van der Waals surface area (Å²) in [5.74, 6) is 0. The van der Waals surface area contributed by atoms with Crippen molar-refractivity contribution in [3.63, 3.8) is 0 Å². The van der Waals surface area contributed by atoms with Crippen molar-refractivity contribution in [2.75, 3.05) is 0 Å². The largest absolute Gasteiger partial charge is 0.456 e. The summed E-state index contributed by atoms with van der Waals surface area (Å²) in [5.41, 5.74) is 7.77. The Bertz CT molecular complexity index is 3460. The van der Waals surface area contributed by atoms with E-state index in [2.05, 4.69) is 131 Å². The molecule has 4 nitrogen and oxygen atoms in total. The lowest BCUT2D eigenvalue weighted by Crippen LogP contribution is -1.93. The fraction of sp³-hybridized carbons (Fsp3) is 0. The first-order chi connectivity index (χ1) is 25.2. The molecule has 0 aliphatic rings. The normalized spacial score (nSPS) is 12.4. The molecule has 0 aliphatic carbocycles. The molecule has 0 amide bonds. The first-order valence-electron chi connectivity index (χ1n) is 16.8. The average molecular weight is 708 g/mol. The summed E-state index contributed by atoms with van der Waals surface area (Å²) < 4.78 is 13.9. The number of hydrogen-bond acceptors (Lipinski definition) is 5. The van der Waals surface area contributed by atoms with Gasteiger partial charge in [-0.25, -0.2) is 9.97 Å². The molecular weight excluding hydrogens is 686 g/mol. The van der Waals surface area contributed by atoms with Gasteiger partial charge in [0.15, 0.2) is 0 Å². The van der Waals surface area contributed by atoms with E-state index in [1.54, 1.807) is 11.3 Å². The number of hydrogen-bond donors (Lipinski definition) is 0. The van der Waals surface area contributed by atoms with Crippen molar-refractivity contribution in [2.24, 2.45) is 0 Å². The molecule has 7 heteroatoms. The SMILES string of the molecule is Clc1nc(-c2ccc3c(c2)oc2cc(-n4c5ccccc5c5c6ccccc6c6c7ccccc7sc6c54)ccc23)c2sc3ccccc3c2n1. The third kappa shape index (κ3) is 3.79. The second kappa shape index (κ2) is 10.1. The highest BCUT2D eigenvalue weighted by Crippen LogP contribution is 2.48.